The molecule has 0 saturated carbocycles. The minimum atomic E-state index is -0.389. The Balaban J connectivity index is 2.07. The number of aliphatic imine (C=N–C) groups is 2. The molecule has 3 rings (SSSR count). The first-order valence-electron chi connectivity index (χ1n) is 7.02. The molecule has 118 valence electrons. The van der Waals surface area contributed by atoms with E-state index in [0.29, 0.717) is 22.8 Å². The molecule has 0 aliphatic carbocycles. The van der Waals surface area contributed by atoms with Gasteiger partial charge in [0.05, 0.1) is 25.6 Å². The van der Waals surface area contributed by atoms with Crippen molar-refractivity contribution in [3.63, 3.8) is 0 Å². The Morgan fingerprint density at radius 2 is 1.87 bits per heavy atom. The van der Waals surface area contributed by atoms with Crippen LogP contribution in [0.3, 0.4) is 0 Å². The molecule has 1 aromatic rings. The molecule has 0 atom stereocenters. The second-order valence-electron chi connectivity index (χ2n) is 5.02. The highest BCUT2D eigenvalue weighted by Gasteiger charge is 2.32. The summed E-state index contributed by atoms with van der Waals surface area (Å²) in [5.41, 5.74) is 2.50. The number of amides is 1. The Bertz CT molecular complexity index is 806. The van der Waals surface area contributed by atoms with Crippen molar-refractivity contribution in [2.45, 2.75) is 13.8 Å². The smallest absolute Gasteiger partial charge is 0.299 e. The molecule has 7 heteroatoms. The molecule has 0 N–H and O–H groups in total. The van der Waals surface area contributed by atoms with Crippen LogP contribution in [0.2, 0.25) is 0 Å². The molecule has 0 spiro atoms. The SMILES string of the molecule is COc1cccc(C=C2C(=O)N=C3N=C(C)C(C)=NN23)c1OC. The number of fused-ring (bicyclic) bond motifs is 1. The van der Waals surface area contributed by atoms with Crippen molar-refractivity contribution in [1.82, 2.24) is 5.01 Å². The zero-order chi connectivity index (χ0) is 16.6. The van der Waals surface area contributed by atoms with E-state index in [0.717, 1.165) is 11.4 Å². The van der Waals surface area contributed by atoms with Gasteiger partial charge in [0.2, 0.25) is 0 Å². The summed E-state index contributed by atoms with van der Waals surface area (Å²) in [7, 11) is 3.11. The molecule has 1 aromatic carbocycles. The summed E-state index contributed by atoms with van der Waals surface area (Å²) in [6.45, 7) is 3.66. The van der Waals surface area contributed by atoms with Crippen molar-refractivity contribution < 1.29 is 14.3 Å². The number of guanidine groups is 1. The van der Waals surface area contributed by atoms with Crippen LogP contribution in [0.15, 0.2) is 39.0 Å². The number of para-hydroxylation sites is 1. The summed E-state index contributed by atoms with van der Waals surface area (Å²) in [6, 6.07) is 5.44. The number of hydrazone groups is 1. The number of ether oxygens (including phenoxy) is 2. The number of carbonyl (C=O) groups excluding carboxylic acids is 1. The average molecular weight is 312 g/mol. The highest BCUT2D eigenvalue weighted by atomic mass is 16.5. The Kier molecular flexibility index (Phi) is 3.69. The quantitative estimate of drug-likeness (QED) is 0.801. The molecule has 2 aliphatic heterocycles. The van der Waals surface area contributed by atoms with E-state index in [1.807, 2.05) is 26.0 Å². The number of hydrogen-bond donors (Lipinski definition) is 0. The van der Waals surface area contributed by atoms with Crippen molar-refractivity contribution in [2.75, 3.05) is 14.2 Å². The molecule has 1 amide bonds. The van der Waals surface area contributed by atoms with Gasteiger partial charge in [-0.1, -0.05) is 12.1 Å². The van der Waals surface area contributed by atoms with Gasteiger partial charge in [-0.25, -0.2) is 4.99 Å². The van der Waals surface area contributed by atoms with Gasteiger partial charge < -0.3 is 9.47 Å². The Morgan fingerprint density at radius 1 is 1.09 bits per heavy atom. The van der Waals surface area contributed by atoms with E-state index in [1.165, 1.54) is 5.01 Å². The lowest BCUT2D eigenvalue weighted by Gasteiger charge is -2.18. The molecule has 0 saturated heterocycles. The number of hydrogen-bond acceptors (Lipinski definition) is 6. The molecule has 0 radical (unpaired) electrons. The maximum atomic E-state index is 12.2. The first kappa shape index (κ1) is 15.0. The molecular weight excluding hydrogens is 296 g/mol. The van der Waals surface area contributed by atoms with E-state index < -0.39 is 0 Å². The molecule has 0 fully saturated rings. The Hall–Kier alpha value is -2.96. The maximum absolute atomic E-state index is 12.2. The third-order valence-corrected chi connectivity index (χ3v) is 3.61. The van der Waals surface area contributed by atoms with Crippen LogP contribution < -0.4 is 9.47 Å². The standard InChI is InChI=1S/C16H16N4O3/c1-9-10(2)19-20-12(15(21)18-16(20)17-9)8-11-6-5-7-13(22-3)14(11)23-4/h5-8H,1-4H3. The number of benzene rings is 1. The molecule has 2 heterocycles. The zero-order valence-corrected chi connectivity index (χ0v) is 13.3. The van der Waals surface area contributed by atoms with Crippen LogP contribution in [-0.4, -0.2) is 42.5 Å². The van der Waals surface area contributed by atoms with Crippen LogP contribution in [0, 0.1) is 0 Å². The summed E-state index contributed by atoms with van der Waals surface area (Å²) in [6.07, 6.45) is 1.67. The van der Waals surface area contributed by atoms with Gasteiger partial charge in [0.15, 0.2) is 11.5 Å². The lowest BCUT2D eigenvalue weighted by atomic mass is 10.1. The predicted octanol–water partition coefficient (Wildman–Crippen LogP) is 2.09. The van der Waals surface area contributed by atoms with Crippen molar-refractivity contribution in [3.05, 3.63) is 29.5 Å². The number of carbonyl (C=O) groups is 1. The van der Waals surface area contributed by atoms with Crippen LogP contribution in [0.1, 0.15) is 19.4 Å². The highest BCUT2D eigenvalue weighted by molar-refractivity contribution is 6.43. The van der Waals surface area contributed by atoms with Crippen LogP contribution in [-0.2, 0) is 4.79 Å². The van der Waals surface area contributed by atoms with E-state index in [1.54, 1.807) is 26.4 Å². The van der Waals surface area contributed by atoms with E-state index in [4.69, 9.17) is 9.47 Å². The van der Waals surface area contributed by atoms with E-state index >= 15 is 0 Å². The van der Waals surface area contributed by atoms with E-state index in [9.17, 15) is 4.79 Å². The maximum Gasteiger partial charge on any atom is 0.299 e. The van der Waals surface area contributed by atoms with E-state index in [-0.39, 0.29) is 11.9 Å². The normalized spacial score (nSPS) is 18.4. The minimum Gasteiger partial charge on any atom is -0.493 e. The third kappa shape index (κ3) is 2.50. The molecule has 0 aromatic heterocycles. The third-order valence-electron chi connectivity index (χ3n) is 3.61. The number of rotatable bonds is 3. The van der Waals surface area contributed by atoms with Gasteiger partial charge in [-0.05, 0) is 26.0 Å². The molecule has 23 heavy (non-hydrogen) atoms. The zero-order valence-electron chi connectivity index (χ0n) is 13.3. The Labute approximate surface area is 133 Å². The molecular formula is C16H16N4O3. The molecule has 7 nitrogen and oxygen atoms in total. The van der Waals surface area contributed by atoms with Crippen LogP contribution in [0.25, 0.3) is 6.08 Å². The number of nitrogens with zero attached hydrogens (tertiary/aromatic N) is 4. The highest BCUT2D eigenvalue weighted by Crippen LogP contribution is 2.33. The van der Waals surface area contributed by atoms with Crippen LogP contribution in [0.4, 0.5) is 0 Å². The van der Waals surface area contributed by atoms with Crippen molar-refractivity contribution >= 4 is 29.4 Å². The average Bonchev–Trinajstić information content (AvgIpc) is 2.83. The predicted molar refractivity (Wildman–Crippen MR) is 88.0 cm³/mol. The van der Waals surface area contributed by atoms with Gasteiger partial charge in [-0.2, -0.15) is 15.1 Å². The second-order valence-corrected chi connectivity index (χ2v) is 5.02. The van der Waals surface area contributed by atoms with Gasteiger partial charge in [0.1, 0.15) is 5.70 Å². The fraction of sp³-hybridized carbons (Fsp3) is 0.250. The monoisotopic (exact) mass is 312 g/mol. The first-order valence-corrected chi connectivity index (χ1v) is 7.02. The van der Waals surface area contributed by atoms with Crippen molar-refractivity contribution in [3.8, 4) is 11.5 Å². The molecule has 0 bridgehead atoms. The topological polar surface area (TPSA) is 75.8 Å². The van der Waals surface area contributed by atoms with Crippen molar-refractivity contribution in [1.29, 1.82) is 0 Å². The van der Waals surface area contributed by atoms with Gasteiger partial charge in [-0.15, -0.1) is 0 Å². The summed E-state index contributed by atoms with van der Waals surface area (Å²) in [5, 5.41) is 5.83. The number of methoxy groups -OCH3 is 2. The van der Waals surface area contributed by atoms with Gasteiger partial charge in [-0.3, -0.25) is 4.79 Å². The lowest BCUT2D eigenvalue weighted by Crippen LogP contribution is -2.28. The van der Waals surface area contributed by atoms with Crippen molar-refractivity contribution in [2.24, 2.45) is 15.1 Å². The minimum absolute atomic E-state index is 0.284. The van der Waals surface area contributed by atoms with Crippen LogP contribution in [0.5, 0.6) is 11.5 Å². The summed E-state index contributed by atoms with van der Waals surface area (Å²) >= 11 is 0. The fourth-order valence-electron chi connectivity index (χ4n) is 2.31. The summed E-state index contributed by atoms with van der Waals surface area (Å²) in [5.74, 6) is 1.02. The fourth-order valence-corrected chi connectivity index (χ4v) is 2.31. The van der Waals surface area contributed by atoms with E-state index in [2.05, 4.69) is 15.1 Å². The van der Waals surface area contributed by atoms with Crippen LogP contribution >= 0.6 is 0 Å². The Morgan fingerprint density at radius 3 is 2.57 bits per heavy atom. The van der Waals surface area contributed by atoms with Gasteiger partial charge >= 0.3 is 0 Å². The lowest BCUT2D eigenvalue weighted by molar-refractivity contribution is -0.114. The largest absolute Gasteiger partial charge is 0.493 e. The molecule has 2 aliphatic rings. The first-order chi connectivity index (χ1) is 11.0. The summed E-state index contributed by atoms with van der Waals surface area (Å²) in [4.78, 5) is 20.4. The van der Waals surface area contributed by atoms with Gasteiger partial charge in [0.25, 0.3) is 11.9 Å². The second kappa shape index (κ2) is 5.68. The van der Waals surface area contributed by atoms with Gasteiger partial charge in [0, 0.05) is 5.56 Å². The summed E-state index contributed by atoms with van der Waals surface area (Å²) < 4.78 is 10.7. The molecule has 0 unspecified atom stereocenters.